The van der Waals surface area contributed by atoms with E-state index < -0.39 is 0 Å². The summed E-state index contributed by atoms with van der Waals surface area (Å²) in [5.41, 5.74) is 3.18. The number of fused-ring (bicyclic) bond motifs is 1. The van der Waals surface area contributed by atoms with Crippen molar-refractivity contribution in [3.8, 4) is 11.3 Å². The molecule has 3 aromatic heterocycles. The molecule has 29 heavy (non-hydrogen) atoms. The molecule has 7 nitrogen and oxygen atoms in total. The maximum atomic E-state index is 13.1. The SMILES string of the molecule is Cc1cc(-c2cc(C(=O)NCC3(C)CCNCC3)c3c(C)noc3n2)c(C)o1.Cl. The van der Waals surface area contributed by atoms with Gasteiger partial charge >= 0.3 is 0 Å². The zero-order valence-electron chi connectivity index (χ0n) is 17.2. The zero-order valence-corrected chi connectivity index (χ0v) is 18.0. The van der Waals surface area contributed by atoms with Gasteiger partial charge in [0.05, 0.1) is 22.3 Å². The summed E-state index contributed by atoms with van der Waals surface area (Å²) in [5.74, 6) is 1.43. The van der Waals surface area contributed by atoms with Crippen LogP contribution in [-0.4, -0.2) is 35.7 Å². The van der Waals surface area contributed by atoms with Crippen LogP contribution in [0.1, 0.15) is 47.3 Å². The summed E-state index contributed by atoms with van der Waals surface area (Å²) in [4.78, 5) is 17.7. The predicted molar refractivity (Wildman–Crippen MR) is 114 cm³/mol. The van der Waals surface area contributed by atoms with E-state index in [4.69, 9.17) is 8.94 Å². The summed E-state index contributed by atoms with van der Waals surface area (Å²) >= 11 is 0. The van der Waals surface area contributed by atoms with E-state index in [0.717, 1.165) is 43.0 Å². The molecule has 1 fully saturated rings. The number of hydrogen-bond donors (Lipinski definition) is 2. The van der Waals surface area contributed by atoms with Gasteiger partial charge in [0.25, 0.3) is 11.6 Å². The van der Waals surface area contributed by atoms with Crippen molar-refractivity contribution in [2.24, 2.45) is 5.41 Å². The van der Waals surface area contributed by atoms with Crippen LogP contribution in [-0.2, 0) is 0 Å². The van der Waals surface area contributed by atoms with Gasteiger partial charge in [-0.25, -0.2) is 4.98 Å². The van der Waals surface area contributed by atoms with Gasteiger partial charge in [0.1, 0.15) is 11.5 Å². The fraction of sp³-hybridized carbons (Fsp3) is 0.476. The molecule has 0 bridgehead atoms. The number of carbonyl (C=O) groups excluding carboxylic acids is 1. The normalized spacial score (nSPS) is 15.9. The van der Waals surface area contributed by atoms with E-state index in [1.807, 2.05) is 32.9 Å². The molecule has 4 heterocycles. The van der Waals surface area contributed by atoms with Gasteiger partial charge in [-0.1, -0.05) is 12.1 Å². The van der Waals surface area contributed by atoms with Crippen molar-refractivity contribution < 1.29 is 13.7 Å². The Labute approximate surface area is 176 Å². The molecule has 0 aromatic carbocycles. The third-order valence-electron chi connectivity index (χ3n) is 5.67. The fourth-order valence-corrected chi connectivity index (χ4v) is 3.89. The van der Waals surface area contributed by atoms with E-state index in [1.54, 1.807) is 0 Å². The Morgan fingerprint density at radius 3 is 2.62 bits per heavy atom. The second kappa shape index (κ2) is 8.16. The summed E-state index contributed by atoms with van der Waals surface area (Å²) in [5, 5.41) is 11.2. The van der Waals surface area contributed by atoms with Crippen molar-refractivity contribution >= 4 is 29.4 Å². The minimum Gasteiger partial charge on any atom is -0.466 e. The topological polar surface area (TPSA) is 93.2 Å². The Bertz CT molecular complexity index is 1030. The van der Waals surface area contributed by atoms with Crippen molar-refractivity contribution in [2.75, 3.05) is 19.6 Å². The largest absolute Gasteiger partial charge is 0.466 e. The van der Waals surface area contributed by atoms with Crippen molar-refractivity contribution in [1.82, 2.24) is 20.8 Å². The molecular formula is C21H27ClN4O3. The lowest BCUT2D eigenvalue weighted by molar-refractivity contribution is 0.0924. The molecule has 0 atom stereocenters. The number of aryl methyl sites for hydroxylation is 3. The number of halogens is 1. The van der Waals surface area contributed by atoms with Gasteiger partial charge in [0, 0.05) is 12.1 Å². The molecule has 0 spiro atoms. The van der Waals surface area contributed by atoms with Crippen LogP contribution >= 0.6 is 12.4 Å². The van der Waals surface area contributed by atoms with E-state index >= 15 is 0 Å². The van der Waals surface area contributed by atoms with Gasteiger partial charge in [0.2, 0.25) is 0 Å². The highest BCUT2D eigenvalue weighted by Crippen LogP contribution is 2.31. The number of carbonyl (C=O) groups is 1. The van der Waals surface area contributed by atoms with E-state index in [2.05, 4.69) is 27.7 Å². The van der Waals surface area contributed by atoms with E-state index in [0.29, 0.717) is 34.6 Å². The van der Waals surface area contributed by atoms with Gasteiger partial charge in [-0.2, -0.15) is 0 Å². The number of pyridine rings is 1. The minimum absolute atomic E-state index is 0. The van der Waals surface area contributed by atoms with Gasteiger partial charge < -0.3 is 19.6 Å². The molecule has 156 valence electrons. The number of amides is 1. The minimum atomic E-state index is -0.127. The van der Waals surface area contributed by atoms with Gasteiger partial charge in [-0.15, -0.1) is 12.4 Å². The van der Waals surface area contributed by atoms with Gasteiger partial charge in [-0.3, -0.25) is 4.79 Å². The van der Waals surface area contributed by atoms with Crippen LogP contribution in [0.2, 0.25) is 0 Å². The highest BCUT2D eigenvalue weighted by Gasteiger charge is 2.28. The van der Waals surface area contributed by atoms with E-state index in [-0.39, 0.29) is 23.7 Å². The Balaban J connectivity index is 0.00000240. The maximum absolute atomic E-state index is 13.1. The molecular weight excluding hydrogens is 392 g/mol. The van der Waals surface area contributed by atoms with Crippen LogP contribution < -0.4 is 10.6 Å². The first-order chi connectivity index (χ1) is 13.4. The van der Waals surface area contributed by atoms with E-state index in [1.165, 1.54) is 0 Å². The molecule has 2 N–H and O–H groups in total. The quantitative estimate of drug-likeness (QED) is 0.666. The molecule has 0 radical (unpaired) electrons. The van der Waals surface area contributed by atoms with Crippen molar-refractivity contribution in [1.29, 1.82) is 0 Å². The lowest BCUT2D eigenvalue weighted by atomic mass is 9.81. The van der Waals surface area contributed by atoms with Crippen molar-refractivity contribution in [3.05, 3.63) is 34.9 Å². The number of rotatable bonds is 4. The molecule has 3 aromatic rings. The summed E-state index contributed by atoms with van der Waals surface area (Å²) in [6.45, 7) is 10.4. The first-order valence-electron chi connectivity index (χ1n) is 9.70. The first kappa shape index (κ1) is 21.3. The lowest BCUT2D eigenvalue weighted by Crippen LogP contribution is -2.42. The summed E-state index contributed by atoms with van der Waals surface area (Å²) in [6.07, 6.45) is 2.09. The van der Waals surface area contributed by atoms with Crippen LogP contribution in [0.15, 0.2) is 21.1 Å². The highest BCUT2D eigenvalue weighted by atomic mass is 35.5. The Morgan fingerprint density at radius 1 is 1.24 bits per heavy atom. The number of hydrogen-bond acceptors (Lipinski definition) is 6. The van der Waals surface area contributed by atoms with Crippen LogP contribution in [0.5, 0.6) is 0 Å². The molecule has 0 saturated carbocycles. The Kier molecular flexibility index (Phi) is 6.00. The highest BCUT2D eigenvalue weighted by molar-refractivity contribution is 6.07. The average Bonchev–Trinajstić information content (AvgIpc) is 3.21. The average molecular weight is 419 g/mol. The molecule has 4 rings (SSSR count). The predicted octanol–water partition coefficient (Wildman–Crippen LogP) is 3.95. The molecule has 1 aliphatic heterocycles. The summed E-state index contributed by atoms with van der Waals surface area (Å²) < 4.78 is 11.0. The zero-order chi connectivity index (χ0) is 19.9. The number of piperidine rings is 1. The summed E-state index contributed by atoms with van der Waals surface area (Å²) in [6, 6.07) is 3.73. The number of nitrogens with one attached hydrogen (secondary N) is 2. The van der Waals surface area contributed by atoms with Crippen LogP contribution in [0.3, 0.4) is 0 Å². The smallest absolute Gasteiger partial charge is 0.259 e. The molecule has 0 unspecified atom stereocenters. The summed E-state index contributed by atoms with van der Waals surface area (Å²) in [7, 11) is 0. The second-order valence-electron chi connectivity index (χ2n) is 8.07. The number of furan rings is 1. The Hall–Kier alpha value is -2.38. The molecule has 1 saturated heterocycles. The molecule has 8 heteroatoms. The third-order valence-corrected chi connectivity index (χ3v) is 5.67. The number of aromatic nitrogens is 2. The fourth-order valence-electron chi connectivity index (χ4n) is 3.89. The van der Waals surface area contributed by atoms with Crippen LogP contribution in [0, 0.1) is 26.2 Å². The third kappa shape index (κ3) is 4.16. The molecule has 1 aliphatic rings. The molecule has 1 amide bonds. The van der Waals surface area contributed by atoms with Gasteiger partial charge in [-0.05, 0) is 64.3 Å². The monoisotopic (exact) mass is 418 g/mol. The number of nitrogens with zero attached hydrogens (tertiary/aromatic N) is 2. The maximum Gasteiger partial charge on any atom is 0.259 e. The standard InChI is InChI=1S/C21H26N4O3.ClH/c1-12-9-15(14(3)27-12)17-10-16(18-13(2)25-28-20(18)24-17)19(26)23-11-21(4)5-7-22-8-6-21;/h9-10,22H,5-8,11H2,1-4H3,(H,23,26);1H. The second-order valence-corrected chi connectivity index (χ2v) is 8.07. The Morgan fingerprint density at radius 2 is 1.97 bits per heavy atom. The van der Waals surface area contributed by atoms with Gasteiger partial charge in [0.15, 0.2) is 0 Å². The van der Waals surface area contributed by atoms with Crippen LogP contribution in [0.4, 0.5) is 0 Å². The van der Waals surface area contributed by atoms with Crippen molar-refractivity contribution in [2.45, 2.75) is 40.5 Å². The van der Waals surface area contributed by atoms with Crippen LogP contribution in [0.25, 0.3) is 22.4 Å². The van der Waals surface area contributed by atoms with Crippen molar-refractivity contribution in [3.63, 3.8) is 0 Å². The van der Waals surface area contributed by atoms with E-state index in [9.17, 15) is 4.79 Å². The molecule has 0 aliphatic carbocycles. The first-order valence-corrected chi connectivity index (χ1v) is 9.70. The lowest BCUT2D eigenvalue weighted by Gasteiger charge is -2.34.